The molecule has 0 aliphatic heterocycles. The third-order valence-electron chi connectivity index (χ3n) is 0. The van der Waals surface area contributed by atoms with Gasteiger partial charge in [0.25, 0.3) is 0 Å². The van der Waals surface area contributed by atoms with Gasteiger partial charge >= 0.3 is 17.1 Å². The van der Waals surface area contributed by atoms with Crippen molar-refractivity contribution >= 4 is 7.82 Å². The standard InChI is InChI=1S/Cu.H3O4P.U/c;1-5(2,3)4;/h;(H3,1,2,3,4);/q+2;;/p-3. The molecule has 0 aromatic heterocycles. The Labute approximate surface area is 74.8 Å². The van der Waals surface area contributed by atoms with Crippen LogP contribution in [0.4, 0.5) is 0 Å². The van der Waals surface area contributed by atoms with Crippen LogP contribution in [0.25, 0.3) is 0 Å². The molecule has 0 amide bonds. The maximum absolute atomic E-state index is 8.55. The van der Waals surface area contributed by atoms with Gasteiger partial charge in [-0.2, -0.15) is 7.82 Å². The number of hydrogen-bond acceptors (Lipinski definition) is 4. The van der Waals surface area contributed by atoms with E-state index in [9.17, 15) is 0 Å². The summed E-state index contributed by atoms with van der Waals surface area (Å²) in [5.41, 5.74) is 0. The Morgan fingerprint density at radius 2 is 1.14 bits per heavy atom. The minimum Gasteiger partial charge on any atom is -0.822 e. The van der Waals surface area contributed by atoms with Gasteiger partial charge in [-0.05, 0) is 0 Å². The minimum absolute atomic E-state index is 0. The van der Waals surface area contributed by atoms with Gasteiger partial charge in [0, 0.05) is 31.1 Å². The zero-order chi connectivity index (χ0) is 4.50. The molecule has 0 unspecified atom stereocenters. The zero-order valence-electron chi connectivity index (χ0n) is 2.88. The first-order valence-electron chi connectivity index (χ1n) is 0.730. The zero-order valence-corrected chi connectivity index (χ0v) is 8.88. The Kier molecular flexibility index (Phi) is 13.2. The summed E-state index contributed by atoms with van der Waals surface area (Å²) in [6.45, 7) is 0. The minimum atomic E-state index is -5.39. The van der Waals surface area contributed by atoms with Crippen LogP contribution in [0.5, 0.6) is 0 Å². The van der Waals surface area contributed by atoms with E-state index < -0.39 is 7.82 Å². The van der Waals surface area contributed by atoms with Crippen molar-refractivity contribution < 1.29 is 67.4 Å². The Morgan fingerprint density at radius 3 is 1.14 bits per heavy atom. The molecule has 0 bridgehead atoms. The molecular formula is CuO4PU-. The quantitative estimate of drug-likeness (QED) is 0.326. The summed E-state index contributed by atoms with van der Waals surface area (Å²) in [6.07, 6.45) is 0. The molecule has 0 atom stereocenters. The molecule has 0 aliphatic carbocycles. The molecule has 0 saturated heterocycles. The van der Waals surface area contributed by atoms with Gasteiger partial charge in [-0.1, -0.05) is 0 Å². The molecule has 7 heteroatoms. The van der Waals surface area contributed by atoms with E-state index in [2.05, 4.69) is 0 Å². The fourth-order valence-corrected chi connectivity index (χ4v) is 0. The first kappa shape index (κ1) is 15.9. The van der Waals surface area contributed by atoms with Crippen LogP contribution >= 0.6 is 7.82 Å². The van der Waals surface area contributed by atoms with Gasteiger partial charge in [0.15, 0.2) is 0 Å². The summed E-state index contributed by atoms with van der Waals surface area (Å²) >= 11 is 0. The van der Waals surface area contributed by atoms with Crippen molar-refractivity contribution in [3.8, 4) is 0 Å². The average molecular weight is 397 g/mol. The van der Waals surface area contributed by atoms with Gasteiger partial charge < -0.3 is 19.2 Å². The maximum atomic E-state index is 8.55. The number of rotatable bonds is 0. The van der Waals surface area contributed by atoms with E-state index in [0.29, 0.717) is 0 Å². The van der Waals surface area contributed by atoms with Crippen molar-refractivity contribution in [3.63, 3.8) is 0 Å². The number of phosphoric acid groups is 1. The van der Waals surface area contributed by atoms with Crippen molar-refractivity contribution in [2.24, 2.45) is 0 Å². The molecule has 1 radical (unpaired) electrons. The van der Waals surface area contributed by atoms with Crippen LogP contribution in [0, 0.1) is 31.1 Å². The van der Waals surface area contributed by atoms with Crippen LogP contribution in [-0.2, 0) is 21.6 Å². The molecular weight excluding hydrogens is 397 g/mol. The molecule has 0 fully saturated rings. The van der Waals surface area contributed by atoms with Gasteiger partial charge in [0.05, 0.1) is 0 Å². The summed E-state index contributed by atoms with van der Waals surface area (Å²) in [6, 6.07) is 0. The van der Waals surface area contributed by atoms with E-state index in [1.54, 1.807) is 0 Å². The van der Waals surface area contributed by atoms with Crippen molar-refractivity contribution in [2.45, 2.75) is 0 Å². The van der Waals surface area contributed by atoms with Gasteiger partial charge in [-0.3, -0.25) is 0 Å². The van der Waals surface area contributed by atoms with E-state index in [1.807, 2.05) is 0 Å². The van der Waals surface area contributed by atoms with Crippen LogP contribution in [0.2, 0.25) is 0 Å². The maximum Gasteiger partial charge on any atom is 2.00 e. The van der Waals surface area contributed by atoms with Crippen molar-refractivity contribution in [1.82, 2.24) is 0 Å². The Bertz CT molecular complexity index is 57.8. The molecule has 0 aliphatic rings. The smallest absolute Gasteiger partial charge is 0.822 e. The van der Waals surface area contributed by atoms with E-state index >= 15 is 0 Å². The van der Waals surface area contributed by atoms with Gasteiger partial charge in [-0.15, -0.1) is 0 Å². The third kappa shape index (κ3) is 87.7. The SMILES string of the molecule is O=P([O-])([O-])[O-].[Cu+2].[U]. The fraction of sp³-hybridized carbons (Fsp3) is 0. The van der Waals surface area contributed by atoms with Crippen LogP contribution in [0.1, 0.15) is 0 Å². The summed E-state index contributed by atoms with van der Waals surface area (Å²) in [5.74, 6) is 0. The molecule has 0 N–H and O–H groups in total. The van der Waals surface area contributed by atoms with E-state index in [4.69, 9.17) is 19.2 Å². The molecule has 0 spiro atoms. The fourth-order valence-electron chi connectivity index (χ4n) is 0. The molecule has 0 aromatic carbocycles. The van der Waals surface area contributed by atoms with Crippen LogP contribution < -0.4 is 14.7 Å². The summed E-state index contributed by atoms with van der Waals surface area (Å²) in [5, 5.41) is 0. The summed E-state index contributed by atoms with van der Waals surface area (Å²) in [4.78, 5) is 25.6. The topological polar surface area (TPSA) is 86.2 Å². The van der Waals surface area contributed by atoms with Crippen LogP contribution in [-0.4, -0.2) is 0 Å². The predicted octanol–water partition coefficient (Wildman–Crippen LogP) is -2.83. The molecule has 0 saturated carbocycles. The Morgan fingerprint density at radius 1 is 1.14 bits per heavy atom. The molecule has 4 nitrogen and oxygen atoms in total. The molecule has 45 valence electrons. The number of hydrogen-bond donors (Lipinski definition) is 0. The molecule has 0 aromatic rings. The average Bonchev–Trinajstić information content (AvgIpc) is 0.722. The molecule has 0 heterocycles. The van der Waals surface area contributed by atoms with Crippen LogP contribution in [0.15, 0.2) is 0 Å². The Balaban J connectivity index is -0.0000000800. The summed E-state index contributed by atoms with van der Waals surface area (Å²) < 4.78 is 8.55. The first-order chi connectivity index (χ1) is 2.00. The normalized spacial score (nSPS) is 8.43. The monoisotopic (exact) mass is 396 g/mol. The van der Waals surface area contributed by atoms with Crippen molar-refractivity contribution in [1.29, 1.82) is 0 Å². The van der Waals surface area contributed by atoms with Crippen molar-refractivity contribution in [3.05, 3.63) is 0 Å². The second-order valence-electron chi connectivity index (χ2n) is 0.447. The van der Waals surface area contributed by atoms with E-state index in [-0.39, 0.29) is 48.2 Å². The second kappa shape index (κ2) is 5.81. The van der Waals surface area contributed by atoms with E-state index in [1.165, 1.54) is 0 Å². The predicted molar refractivity (Wildman–Crippen MR) is 7.61 cm³/mol. The molecule has 0 rings (SSSR count). The van der Waals surface area contributed by atoms with Gasteiger partial charge in [-0.25, -0.2) is 0 Å². The van der Waals surface area contributed by atoms with Crippen molar-refractivity contribution in [2.75, 3.05) is 0 Å². The Hall–Kier alpha value is 1.68. The first-order valence-corrected chi connectivity index (χ1v) is 2.19. The van der Waals surface area contributed by atoms with E-state index in [0.717, 1.165) is 0 Å². The second-order valence-corrected chi connectivity index (χ2v) is 1.34. The third-order valence-corrected chi connectivity index (χ3v) is 0. The largest absolute Gasteiger partial charge is 2.00 e. The van der Waals surface area contributed by atoms with Gasteiger partial charge in [0.2, 0.25) is 0 Å². The molecule has 7 heavy (non-hydrogen) atoms. The van der Waals surface area contributed by atoms with Crippen LogP contribution in [0.3, 0.4) is 0 Å². The summed E-state index contributed by atoms with van der Waals surface area (Å²) in [7, 11) is -5.39. The van der Waals surface area contributed by atoms with Gasteiger partial charge in [0.1, 0.15) is 0 Å².